The van der Waals surface area contributed by atoms with Crippen molar-refractivity contribution >= 4 is 11.7 Å². The van der Waals surface area contributed by atoms with Gasteiger partial charge in [-0.25, -0.2) is 0 Å². The van der Waals surface area contributed by atoms with E-state index < -0.39 is 5.97 Å². The fraction of sp³-hybridized carbons (Fsp3) is 0.125. The number of para-hydroxylation sites is 1. The van der Waals surface area contributed by atoms with Crippen molar-refractivity contribution < 1.29 is 9.53 Å². The molecule has 0 aliphatic rings. The highest BCUT2D eigenvalue weighted by Gasteiger charge is 2.04. The number of nitroso groups, excluding NO2 is 1. The summed E-state index contributed by atoms with van der Waals surface area (Å²) in [6.07, 6.45) is 0. The van der Waals surface area contributed by atoms with Gasteiger partial charge in [-0.3, -0.25) is 4.79 Å². The summed E-state index contributed by atoms with van der Waals surface area (Å²) in [6.45, 7) is 1.27. The monoisotopic (exact) mass is 165 g/mol. The lowest BCUT2D eigenvalue weighted by Crippen LogP contribution is -2.00. The van der Waals surface area contributed by atoms with E-state index >= 15 is 0 Å². The smallest absolute Gasteiger partial charge is 0.308 e. The maximum absolute atomic E-state index is 10.5. The van der Waals surface area contributed by atoms with E-state index in [9.17, 15) is 9.70 Å². The Labute approximate surface area is 69.1 Å². The normalized spacial score (nSPS) is 9.08. The van der Waals surface area contributed by atoms with Crippen molar-refractivity contribution in [2.24, 2.45) is 5.18 Å². The molecule has 0 aliphatic carbocycles. The van der Waals surface area contributed by atoms with Crippen molar-refractivity contribution in [3.63, 3.8) is 0 Å². The van der Waals surface area contributed by atoms with Crippen LogP contribution in [0.5, 0.6) is 5.75 Å². The number of carbonyl (C=O) groups excluding carboxylic acids is 1. The highest BCUT2D eigenvalue weighted by atomic mass is 16.5. The van der Waals surface area contributed by atoms with E-state index in [1.165, 1.54) is 19.1 Å². The van der Waals surface area contributed by atoms with Crippen molar-refractivity contribution in [1.29, 1.82) is 0 Å². The molecule has 0 atom stereocenters. The van der Waals surface area contributed by atoms with E-state index in [0.29, 0.717) is 0 Å². The fourth-order valence-electron chi connectivity index (χ4n) is 0.774. The average Bonchev–Trinajstić information content (AvgIpc) is 2.04. The molecular weight excluding hydrogens is 158 g/mol. The third-order valence-corrected chi connectivity index (χ3v) is 1.22. The van der Waals surface area contributed by atoms with Crippen LogP contribution in [0.4, 0.5) is 5.69 Å². The molecule has 12 heavy (non-hydrogen) atoms. The van der Waals surface area contributed by atoms with E-state index in [-0.39, 0.29) is 11.4 Å². The van der Waals surface area contributed by atoms with Gasteiger partial charge in [-0.05, 0) is 17.3 Å². The van der Waals surface area contributed by atoms with Crippen molar-refractivity contribution in [2.45, 2.75) is 6.92 Å². The summed E-state index contributed by atoms with van der Waals surface area (Å²) >= 11 is 0. The summed E-state index contributed by atoms with van der Waals surface area (Å²) in [5, 5.41) is 2.70. The number of hydrogen-bond acceptors (Lipinski definition) is 4. The van der Waals surface area contributed by atoms with Gasteiger partial charge in [-0.2, -0.15) is 0 Å². The van der Waals surface area contributed by atoms with Gasteiger partial charge in [0.05, 0.1) is 0 Å². The molecule has 0 spiro atoms. The van der Waals surface area contributed by atoms with Gasteiger partial charge >= 0.3 is 5.97 Å². The van der Waals surface area contributed by atoms with Crippen LogP contribution in [0.25, 0.3) is 0 Å². The van der Waals surface area contributed by atoms with Gasteiger partial charge in [0.1, 0.15) is 0 Å². The minimum absolute atomic E-state index is 0.132. The Balaban J connectivity index is 2.96. The molecule has 0 heterocycles. The molecule has 0 aromatic heterocycles. The first kappa shape index (κ1) is 8.39. The Morgan fingerprint density at radius 2 is 2.08 bits per heavy atom. The summed E-state index contributed by atoms with van der Waals surface area (Å²) in [7, 11) is 0. The number of benzene rings is 1. The van der Waals surface area contributed by atoms with E-state index in [2.05, 4.69) is 5.18 Å². The topological polar surface area (TPSA) is 55.7 Å². The van der Waals surface area contributed by atoms with Gasteiger partial charge < -0.3 is 4.74 Å². The van der Waals surface area contributed by atoms with E-state index in [0.717, 1.165) is 0 Å². The van der Waals surface area contributed by atoms with E-state index in [1.807, 2.05) is 0 Å². The second kappa shape index (κ2) is 3.61. The molecule has 62 valence electrons. The molecule has 0 unspecified atom stereocenters. The third kappa shape index (κ3) is 1.88. The maximum Gasteiger partial charge on any atom is 0.308 e. The predicted molar refractivity (Wildman–Crippen MR) is 43.2 cm³/mol. The van der Waals surface area contributed by atoms with Crippen LogP contribution in [0.3, 0.4) is 0 Å². The minimum Gasteiger partial charge on any atom is -0.424 e. The summed E-state index contributed by atoms with van der Waals surface area (Å²) in [6, 6.07) is 6.29. The minimum atomic E-state index is -0.467. The lowest BCUT2D eigenvalue weighted by molar-refractivity contribution is -0.131. The molecule has 0 saturated carbocycles. The standard InChI is InChI=1S/C8H7NO3/c1-6(10)12-8-5-3-2-4-7(8)9-11/h2-5H,1H3. The van der Waals surface area contributed by atoms with Crippen molar-refractivity contribution in [3.8, 4) is 5.75 Å². The molecule has 0 amide bonds. The fourth-order valence-corrected chi connectivity index (χ4v) is 0.774. The van der Waals surface area contributed by atoms with Crippen LogP contribution in [0.1, 0.15) is 6.92 Å². The highest BCUT2D eigenvalue weighted by Crippen LogP contribution is 2.26. The molecule has 0 radical (unpaired) electrons. The lowest BCUT2D eigenvalue weighted by Gasteiger charge is -2.00. The molecule has 1 aromatic carbocycles. The summed E-state index contributed by atoms with van der Waals surface area (Å²) < 4.78 is 4.70. The number of nitrogens with zero attached hydrogens (tertiary/aromatic N) is 1. The first-order chi connectivity index (χ1) is 5.74. The SMILES string of the molecule is CC(=O)Oc1ccccc1N=O. The maximum atomic E-state index is 10.5. The van der Waals surface area contributed by atoms with Crippen LogP contribution in [0, 0.1) is 4.91 Å². The third-order valence-electron chi connectivity index (χ3n) is 1.22. The van der Waals surface area contributed by atoms with Gasteiger partial charge in [0, 0.05) is 6.92 Å². The second-order valence-electron chi connectivity index (χ2n) is 2.15. The van der Waals surface area contributed by atoms with Gasteiger partial charge in [0.25, 0.3) is 0 Å². The Bertz CT molecular complexity index is 309. The Kier molecular flexibility index (Phi) is 2.53. The summed E-state index contributed by atoms with van der Waals surface area (Å²) in [4.78, 5) is 20.7. The van der Waals surface area contributed by atoms with Gasteiger partial charge in [0.15, 0.2) is 11.4 Å². The van der Waals surface area contributed by atoms with Crippen LogP contribution in [-0.2, 0) is 4.79 Å². The zero-order chi connectivity index (χ0) is 8.97. The van der Waals surface area contributed by atoms with Crippen LogP contribution in [-0.4, -0.2) is 5.97 Å². The predicted octanol–water partition coefficient (Wildman–Crippen LogP) is 2.01. The molecule has 1 rings (SSSR count). The molecule has 0 N–H and O–H groups in total. The van der Waals surface area contributed by atoms with Gasteiger partial charge in [-0.1, -0.05) is 12.1 Å². The number of hydrogen-bond donors (Lipinski definition) is 0. The van der Waals surface area contributed by atoms with Crippen LogP contribution >= 0.6 is 0 Å². The molecule has 4 nitrogen and oxygen atoms in total. The first-order valence-corrected chi connectivity index (χ1v) is 3.35. The molecule has 0 fully saturated rings. The molecule has 0 bridgehead atoms. The average molecular weight is 165 g/mol. The van der Waals surface area contributed by atoms with E-state index in [4.69, 9.17) is 4.74 Å². The zero-order valence-corrected chi connectivity index (χ0v) is 6.48. The molecule has 0 saturated heterocycles. The molecule has 0 aliphatic heterocycles. The molecule has 1 aromatic rings. The quantitative estimate of drug-likeness (QED) is 0.382. The number of carbonyl (C=O) groups is 1. The Morgan fingerprint density at radius 1 is 1.42 bits per heavy atom. The molecular formula is C8H7NO3. The lowest BCUT2D eigenvalue weighted by atomic mass is 10.3. The molecule has 4 heteroatoms. The van der Waals surface area contributed by atoms with Crippen molar-refractivity contribution in [2.75, 3.05) is 0 Å². The van der Waals surface area contributed by atoms with Crippen LogP contribution < -0.4 is 4.74 Å². The Morgan fingerprint density at radius 3 is 2.67 bits per heavy atom. The van der Waals surface area contributed by atoms with Gasteiger partial charge in [-0.15, -0.1) is 4.91 Å². The summed E-state index contributed by atoms with van der Waals surface area (Å²) in [5.41, 5.74) is 0.132. The zero-order valence-electron chi connectivity index (χ0n) is 6.48. The number of ether oxygens (including phenoxy) is 1. The van der Waals surface area contributed by atoms with Gasteiger partial charge in [0.2, 0.25) is 0 Å². The van der Waals surface area contributed by atoms with Crippen molar-refractivity contribution in [3.05, 3.63) is 29.2 Å². The van der Waals surface area contributed by atoms with E-state index in [1.54, 1.807) is 12.1 Å². The highest BCUT2D eigenvalue weighted by molar-refractivity contribution is 5.71. The van der Waals surface area contributed by atoms with Crippen LogP contribution in [0.2, 0.25) is 0 Å². The largest absolute Gasteiger partial charge is 0.424 e. The number of esters is 1. The van der Waals surface area contributed by atoms with Crippen LogP contribution in [0.15, 0.2) is 29.4 Å². The Hall–Kier alpha value is -1.71. The first-order valence-electron chi connectivity index (χ1n) is 3.35. The number of rotatable bonds is 2. The summed E-state index contributed by atoms with van der Waals surface area (Å²) in [5.74, 6) is -0.272. The second-order valence-corrected chi connectivity index (χ2v) is 2.15. The van der Waals surface area contributed by atoms with Crippen molar-refractivity contribution in [1.82, 2.24) is 0 Å².